The number of hydrogen-bond acceptors (Lipinski definition) is 7. The van der Waals surface area contributed by atoms with E-state index in [2.05, 4.69) is 15.0 Å². The van der Waals surface area contributed by atoms with Crippen LogP contribution in [0.25, 0.3) is 0 Å². The van der Waals surface area contributed by atoms with Gasteiger partial charge in [-0.3, -0.25) is 4.21 Å². The average Bonchev–Trinajstić information content (AvgIpc) is 2.29. The first kappa shape index (κ1) is 11.1. The molecule has 2 rings (SSSR count). The molecule has 8 heteroatoms. The van der Waals surface area contributed by atoms with E-state index in [-0.39, 0.29) is 12.0 Å². The Labute approximate surface area is 95.5 Å². The molecule has 0 aliphatic carbocycles. The molecule has 0 spiro atoms. The van der Waals surface area contributed by atoms with Gasteiger partial charge >= 0.3 is 6.01 Å². The summed E-state index contributed by atoms with van der Waals surface area (Å²) < 4.78 is 16.1. The summed E-state index contributed by atoms with van der Waals surface area (Å²) in [5.74, 6) is 1.89. The van der Waals surface area contributed by atoms with Crippen LogP contribution in [0.1, 0.15) is 0 Å². The van der Waals surface area contributed by atoms with Gasteiger partial charge in [-0.05, 0) is 0 Å². The van der Waals surface area contributed by atoms with Crippen molar-refractivity contribution in [2.45, 2.75) is 0 Å². The number of nitrogens with two attached hydrogens (primary N) is 1. The monoisotopic (exact) mass is 243 g/mol. The van der Waals surface area contributed by atoms with E-state index in [9.17, 15) is 4.21 Å². The van der Waals surface area contributed by atoms with Crippen LogP contribution in [0.2, 0.25) is 0 Å². The van der Waals surface area contributed by atoms with Crippen molar-refractivity contribution < 1.29 is 8.95 Å². The van der Waals surface area contributed by atoms with Crippen molar-refractivity contribution in [2.24, 2.45) is 0 Å². The molecule has 2 N–H and O–H groups in total. The Balaban J connectivity index is 2.19. The van der Waals surface area contributed by atoms with E-state index in [0.29, 0.717) is 30.5 Å². The molecule has 2 heterocycles. The zero-order valence-corrected chi connectivity index (χ0v) is 9.74. The Morgan fingerprint density at radius 1 is 1.31 bits per heavy atom. The third kappa shape index (κ3) is 2.38. The highest BCUT2D eigenvalue weighted by atomic mass is 32.2. The molecule has 16 heavy (non-hydrogen) atoms. The van der Waals surface area contributed by atoms with Crippen molar-refractivity contribution in [2.75, 3.05) is 42.3 Å². The topological polar surface area (TPSA) is 94.2 Å². The second-order valence-corrected chi connectivity index (χ2v) is 5.01. The molecular formula is C8H13N5O2S. The maximum absolute atomic E-state index is 11.2. The van der Waals surface area contributed by atoms with E-state index < -0.39 is 10.8 Å². The molecule has 1 aliphatic rings. The number of aromatic nitrogens is 3. The number of nitrogen functional groups attached to an aromatic ring is 1. The first-order chi connectivity index (χ1) is 7.69. The van der Waals surface area contributed by atoms with Crippen molar-refractivity contribution >= 4 is 22.7 Å². The molecule has 0 saturated carbocycles. The fourth-order valence-electron chi connectivity index (χ4n) is 1.43. The van der Waals surface area contributed by atoms with E-state index in [4.69, 9.17) is 10.5 Å². The normalized spacial score (nSPS) is 17.4. The molecule has 7 nitrogen and oxygen atoms in total. The number of hydrogen-bond donors (Lipinski definition) is 1. The molecule has 1 aliphatic heterocycles. The quantitative estimate of drug-likeness (QED) is 0.714. The van der Waals surface area contributed by atoms with Gasteiger partial charge in [0.15, 0.2) is 0 Å². The molecular weight excluding hydrogens is 230 g/mol. The molecule has 88 valence electrons. The highest BCUT2D eigenvalue weighted by molar-refractivity contribution is 7.85. The van der Waals surface area contributed by atoms with Crippen molar-refractivity contribution in [1.29, 1.82) is 0 Å². The van der Waals surface area contributed by atoms with Crippen LogP contribution in [0.4, 0.5) is 11.9 Å². The molecule has 0 aromatic carbocycles. The van der Waals surface area contributed by atoms with Crippen LogP contribution in [0, 0.1) is 0 Å². The Kier molecular flexibility index (Phi) is 3.18. The number of rotatable bonds is 2. The summed E-state index contributed by atoms with van der Waals surface area (Å²) >= 11 is 0. The minimum Gasteiger partial charge on any atom is -0.467 e. The fourth-order valence-corrected chi connectivity index (χ4v) is 2.48. The number of anilines is 2. The van der Waals surface area contributed by atoms with Gasteiger partial charge in [0.1, 0.15) is 0 Å². The first-order valence-corrected chi connectivity index (χ1v) is 6.33. The van der Waals surface area contributed by atoms with Gasteiger partial charge in [0.2, 0.25) is 11.9 Å². The van der Waals surface area contributed by atoms with Gasteiger partial charge in [-0.1, -0.05) is 0 Å². The number of nitrogens with zero attached hydrogens (tertiary/aromatic N) is 4. The van der Waals surface area contributed by atoms with Crippen LogP contribution >= 0.6 is 0 Å². The predicted octanol–water partition coefficient (Wildman–Crippen LogP) is -0.969. The van der Waals surface area contributed by atoms with Crippen molar-refractivity contribution in [1.82, 2.24) is 15.0 Å². The van der Waals surface area contributed by atoms with Gasteiger partial charge < -0.3 is 15.4 Å². The molecule has 0 amide bonds. The minimum absolute atomic E-state index is 0.133. The van der Waals surface area contributed by atoms with Crippen LogP contribution in [0.3, 0.4) is 0 Å². The van der Waals surface area contributed by atoms with Crippen molar-refractivity contribution in [3.8, 4) is 6.01 Å². The zero-order valence-electron chi connectivity index (χ0n) is 8.92. The molecule has 1 saturated heterocycles. The Hall–Kier alpha value is -1.44. The predicted molar refractivity (Wildman–Crippen MR) is 60.9 cm³/mol. The number of ether oxygens (including phenoxy) is 1. The fraction of sp³-hybridized carbons (Fsp3) is 0.625. The lowest BCUT2D eigenvalue weighted by Crippen LogP contribution is -2.38. The maximum atomic E-state index is 11.2. The van der Waals surface area contributed by atoms with Crippen LogP contribution in [-0.4, -0.2) is 50.9 Å². The van der Waals surface area contributed by atoms with Crippen LogP contribution in [0.5, 0.6) is 6.01 Å². The van der Waals surface area contributed by atoms with Gasteiger partial charge in [-0.2, -0.15) is 15.0 Å². The maximum Gasteiger partial charge on any atom is 0.322 e. The molecule has 1 fully saturated rings. The van der Waals surface area contributed by atoms with E-state index in [1.807, 2.05) is 4.90 Å². The first-order valence-electron chi connectivity index (χ1n) is 4.84. The van der Waals surface area contributed by atoms with Gasteiger partial charge in [-0.25, -0.2) is 0 Å². The van der Waals surface area contributed by atoms with E-state index in [0.717, 1.165) is 0 Å². The molecule has 0 radical (unpaired) electrons. The number of methoxy groups -OCH3 is 1. The summed E-state index contributed by atoms with van der Waals surface area (Å²) in [4.78, 5) is 13.9. The van der Waals surface area contributed by atoms with Gasteiger partial charge in [0, 0.05) is 35.4 Å². The summed E-state index contributed by atoms with van der Waals surface area (Å²) in [5.41, 5.74) is 5.54. The Bertz CT molecular complexity index is 403. The summed E-state index contributed by atoms with van der Waals surface area (Å²) in [5, 5.41) is 0. The van der Waals surface area contributed by atoms with Crippen molar-refractivity contribution in [3.05, 3.63) is 0 Å². The summed E-state index contributed by atoms with van der Waals surface area (Å²) in [6.45, 7) is 1.33. The van der Waals surface area contributed by atoms with Crippen LogP contribution in [-0.2, 0) is 10.8 Å². The van der Waals surface area contributed by atoms with Crippen molar-refractivity contribution in [3.63, 3.8) is 0 Å². The van der Waals surface area contributed by atoms with Crippen LogP contribution < -0.4 is 15.4 Å². The minimum atomic E-state index is -0.723. The standard InChI is InChI=1S/C8H13N5O2S/c1-15-8-11-6(9)10-7(12-8)13-2-4-16(14)5-3-13/h2-5H2,1H3,(H2,9,10,11,12). The second-order valence-electron chi connectivity index (χ2n) is 3.32. The zero-order chi connectivity index (χ0) is 11.5. The molecule has 0 bridgehead atoms. The summed E-state index contributed by atoms with van der Waals surface area (Å²) in [6.07, 6.45) is 0. The molecule has 1 aromatic rings. The highest BCUT2D eigenvalue weighted by Gasteiger charge is 2.19. The third-order valence-corrected chi connectivity index (χ3v) is 3.54. The van der Waals surface area contributed by atoms with E-state index in [1.54, 1.807) is 0 Å². The Morgan fingerprint density at radius 3 is 2.62 bits per heavy atom. The third-order valence-electron chi connectivity index (χ3n) is 2.26. The SMILES string of the molecule is COc1nc(N)nc(N2CCS(=O)CC2)n1. The molecule has 0 atom stereocenters. The van der Waals surface area contributed by atoms with Gasteiger partial charge in [0.25, 0.3) is 0 Å². The van der Waals surface area contributed by atoms with Crippen LogP contribution in [0.15, 0.2) is 0 Å². The summed E-state index contributed by atoms with van der Waals surface area (Å²) in [6, 6.07) is 0.203. The lowest BCUT2D eigenvalue weighted by molar-refractivity contribution is 0.379. The summed E-state index contributed by atoms with van der Waals surface area (Å²) in [7, 11) is 0.753. The second kappa shape index (κ2) is 4.60. The van der Waals surface area contributed by atoms with Gasteiger partial charge in [-0.15, -0.1) is 0 Å². The van der Waals surface area contributed by atoms with Gasteiger partial charge in [0.05, 0.1) is 7.11 Å². The lowest BCUT2D eigenvalue weighted by atomic mass is 10.5. The Morgan fingerprint density at radius 2 is 2.00 bits per heavy atom. The molecule has 0 unspecified atom stereocenters. The average molecular weight is 243 g/mol. The smallest absolute Gasteiger partial charge is 0.322 e. The van der Waals surface area contributed by atoms with E-state index >= 15 is 0 Å². The molecule has 1 aromatic heterocycles. The lowest BCUT2D eigenvalue weighted by Gasteiger charge is -2.26. The highest BCUT2D eigenvalue weighted by Crippen LogP contribution is 2.14. The largest absolute Gasteiger partial charge is 0.467 e. The van der Waals surface area contributed by atoms with E-state index in [1.165, 1.54) is 7.11 Å².